The summed E-state index contributed by atoms with van der Waals surface area (Å²) in [6, 6.07) is 9.51. The number of hydrogen-bond acceptors (Lipinski definition) is 2. The molecule has 0 saturated heterocycles. The molecule has 3 aromatic rings. The molecule has 2 amide bonds. The Morgan fingerprint density at radius 2 is 2.00 bits per heavy atom. The van der Waals surface area contributed by atoms with Crippen LogP contribution in [0.15, 0.2) is 48.7 Å². The minimum atomic E-state index is -4.78. The van der Waals surface area contributed by atoms with Crippen LogP contribution in [-0.4, -0.2) is 17.4 Å². The molecule has 0 spiro atoms. The first-order chi connectivity index (χ1) is 12.7. The van der Waals surface area contributed by atoms with Crippen molar-refractivity contribution in [2.45, 2.75) is 19.3 Å². The number of benzene rings is 2. The van der Waals surface area contributed by atoms with Crippen molar-refractivity contribution >= 4 is 34.2 Å². The predicted octanol–water partition coefficient (Wildman–Crippen LogP) is 5.60. The minimum Gasteiger partial charge on any atom is -0.406 e. The van der Waals surface area contributed by atoms with Crippen molar-refractivity contribution in [3.05, 3.63) is 59.2 Å². The number of aromatic nitrogens is 1. The number of aromatic amines is 1. The summed E-state index contributed by atoms with van der Waals surface area (Å²) < 4.78 is 40.9. The number of ether oxygens (including phenoxy) is 1. The van der Waals surface area contributed by atoms with E-state index >= 15 is 0 Å². The summed E-state index contributed by atoms with van der Waals surface area (Å²) in [5.41, 5.74) is 1.71. The second kappa shape index (κ2) is 7.40. The lowest BCUT2D eigenvalue weighted by Gasteiger charge is -2.17. The van der Waals surface area contributed by atoms with E-state index in [0.29, 0.717) is 16.3 Å². The van der Waals surface area contributed by atoms with Crippen molar-refractivity contribution in [3.63, 3.8) is 0 Å². The minimum absolute atomic E-state index is 0.349. The molecule has 1 heterocycles. The van der Waals surface area contributed by atoms with E-state index in [2.05, 4.69) is 20.4 Å². The zero-order valence-corrected chi connectivity index (χ0v) is 14.8. The van der Waals surface area contributed by atoms with E-state index in [1.54, 1.807) is 31.3 Å². The van der Waals surface area contributed by atoms with E-state index in [9.17, 15) is 18.0 Å². The molecule has 3 N–H and O–H groups in total. The number of carbonyl (C=O) groups excluding carboxylic acids is 1. The largest absolute Gasteiger partial charge is 0.573 e. The Labute approximate surface area is 157 Å². The van der Waals surface area contributed by atoms with E-state index in [1.165, 1.54) is 18.2 Å². The molecular weight excluding hydrogens is 383 g/mol. The summed E-state index contributed by atoms with van der Waals surface area (Å²) in [7, 11) is 0. The van der Waals surface area contributed by atoms with Gasteiger partial charge in [0, 0.05) is 22.8 Å². The number of nitrogens with one attached hydrogen (secondary N) is 3. The maximum Gasteiger partial charge on any atom is 0.573 e. The van der Waals surface area contributed by atoms with Crippen LogP contribution in [-0.2, 0) is 0 Å². The first kappa shape index (κ1) is 18.9. The number of H-pyrrole nitrogens is 1. The zero-order chi connectivity index (χ0) is 19.6. The molecule has 0 fully saturated rings. The molecule has 0 aliphatic rings. The van der Waals surface area contributed by atoms with E-state index in [0.717, 1.165) is 10.9 Å². The molecule has 0 saturated carbocycles. The molecule has 3 rings (SSSR count). The van der Waals surface area contributed by atoms with Gasteiger partial charge in [0.2, 0.25) is 0 Å². The number of rotatable bonds is 4. The van der Waals surface area contributed by atoms with Crippen molar-refractivity contribution in [1.82, 2.24) is 10.3 Å². The third-order valence-electron chi connectivity index (χ3n) is 3.82. The van der Waals surface area contributed by atoms with Gasteiger partial charge >= 0.3 is 12.4 Å². The number of halogens is 4. The van der Waals surface area contributed by atoms with Crippen molar-refractivity contribution in [3.8, 4) is 5.75 Å². The molecule has 1 unspecified atom stereocenters. The molecule has 5 nitrogen and oxygen atoms in total. The van der Waals surface area contributed by atoms with Crippen LogP contribution in [0.25, 0.3) is 10.9 Å². The molecule has 2 aromatic carbocycles. The Bertz CT molecular complexity index is 972. The van der Waals surface area contributed by atoms with Gasteiger partial charge in [-0.2, -0.15) is 0 Å². The molecule has 0 aliphatic heterocycles. The number of anilines is 1. The second-order valence-electron chi connectivity index (χ2n) is 5.84. The first-order valence-electron chi connectivity index (χ1n) is 7.91. The number of amides is 2. The van der Waals surface area contributed by atoms with Crippen molar-refractivity contribution in [1.29, 1.82) is 0 Å². The van der Waals surface area contributed by atoms with Gasteiger partial charge < -0.3 is 20.4 Å². The van der Waals surface area contributed by atoms with Crippen LogP contribution in [0.3, 0.4) is 0 Å². The van der Waals surface area contributed by atoms with Crippen LogP contribution in [0, 0.1) is 0 Å². The smallest absolute Gasteiger partial charge is 0.406 e. The average Bonchev–Trinajstić information content (AvgIpc) is 3.02. The summed E-state index contributed by atoms with van der Waals surface area (Å²) in [4.78, 5) is 15.2. The number of hydrogen-bond donors (Lipinski definition) is 3. The Balaban J connectivity index is 1.67. The van der Waals surface area contributed by atoms with E-state index < -0.39 is 18.4 Å². The molecule has 0 aliphatic carbocycles. The Morgan fingerprint density at radius 3 is 2.74 bits per heavy atom. The van der Waals surface area contributed by atoms with Crippen LogP contribution in [0.2, 0.25) is 5.02 Å². The SMILES string of the molecule is CC(NC(=O)Nc1cc(Cl)c2cc[nH]c2c1)c1cccc(OC(F)(F)F)c1. The van der Waals surface area contributed by atoms with Crippen LogP contribution >= 0.6 is 11.6 Å². The molecule has 0 bridgehead atoms. The summed E-state index contributed by atoms with van der Waals surface area (Å²) in [6.07, 6.45) is -3.04. The highest BCUT2D eigenvalue weighted by atomic mass is 35.5. The molecule has 1 atom stereocenters. The fraction of sp³-hybridized carbons (Fsp3) is 0.167. The van der Waals surface area contributed by atoms with Crippen molar-refractivity contribution in [2.75, 3.05) is 5.32 Å². The van der Waals surface area contributed by atoms with Gasteiger partial charge in [0.25, 0.3) is 0 Å². The van der Waals surface area contributed by atoms with Crippen LogP contribution in [0.5, 0.6) is 5.75 Å². The third kappa shape index (κ3) is 4.85. The standard InChI is InChI=1S/C18H15ClF3N3O2/c1-10(11-3-2-4-13(7-11)27-18(20,21)22)24-17(26)25-12-8-15(19)14-5-6-23-16(14)9-12/h2-10,23H,1H3,(H2,24,25,26). The molecule has 1 aromatic heterocycles. The highest BCUT2D eigenvalue weighted by molar-refractivity contribution is 6.35. The monoisotopic (exact) mass is 397 g/mol. The Kier molecular flexibility index (Phi) is 5.18. The zero-order valence-electron chi connectivity index (χ0n) is 14.0. The van der Waals surface area contributed by atoms with Gasteiger partial charge in [-0.05, 0) is 42.8 Å². The Morgan fingerprint density at radius 1 is 1.22 bits per heavy atom. The lowest BCUT2D eigenvalue weighted by atomic mass is 10.1. The van der Waals surface area contributed by atoms with Gasteiger partial charge in [-0.25, -0.2) is 4.79 Å². The van der Waals surface area contributed by atoms with Gasteiger partial charge in [0.05, 0.1) is 11.1 Å². The van der Waals surface area contributed by atoms with E-state index in [4.69, 9.17) is 11.6 Å². The normalized spacial score (nSPS) is 12.6. The number of carbonyl (C=O) groups is 1. The van der Waals surface area contributed by atoms with Gasteiger partial charge in [-0.15, -0.1) is 13.2 Å². The Hall–Kier alpha value is -2.87. The fourth-order valence-corrected chi connectivity index (χ4v) is 2.90. The van der Waals surface area contributed by atoms with E-state index in [-0.39, 0.29) is 5.75 Å². The number of urea groups is 1. The first-order valence-corrected chi connectivity index (χ1v) is 8.29. The van der Waals surface area contributed by atoms with Gasteiger partial charge in [0.15, 0.2) is 0 Å². The second-order valence-corrected chi connectivity index (χ2v) is 6.24. The van der Waals surface area contributed by atoms with Crippen LogP contribution in [0.1, 0.15) is 18.5 Å². The van der Waals surface area contributed by atoms with Gasteiger partial charge in [-0.1, -0.05) is 23.7 Å². The maximum atomic E-state index is 12.3. The average molecular weight is 398 g/mol. The van der Waals surface area contributed by atoms with Crippen LogP contribution < -0.4 is 15.4 Å². The quantitative estimate of drug-likeness (QED) is 0.536. The van der Waals surface area contributed by atoms with Crippen molar-refractivity contribution in [2.24, 2.45) is 0 Å². The molecule has 9 heteroatoms. The summed E-state index contributed by atoms with van der Waals surface area (Å²) >= 11 is 6.16. The fourth-order valence-electron chi connectivity index (χ4n) is 2.62. The summed E-state index contributed by atoms with van der Waals surface area (Å²) in [5.74, 6) is -0.349. The summed E-state index contributed by atoms with van der Waals surface area (Å²) in [5, 5.41) is 6.62. The maximum absolute atomic E-state index is 12.3. The highest BCUT2D eigenvalue weighted by Gasteiger charge is 2.31. The highest BCUT2D eigenvalue weighted by Crippen LogP contribution is 2.28. The molecule has 0 radical (unpaired) electrons. The lowest BCUT2D eigenvalue weighted by Crippen LogP contribution is -2.31. The molecule has 142 valence electrons. The third-order valence-corrected chi connectivity index (χ3v) is 4.13. The molecule has 27 heavy (non-hydrogen) atoms. The van der Waals surface area contributed by atoms with Crippen LogP contribution in [0.4, 0.5) is 23.7 Å². The van der Waals surface area contributed by atoms with E-state index in [1.807, 2.05) is 6.07 Å². The van der Waals surface area contributed by atoms with Gasteiger partial charge in [-0.3, -0.25) is 0 Å². The predicted molar refractivity (Wildman–Crippen MR) is 97.0 cm³/mol. The molecular formula is C18H15ClF3N3O2. The number of alkyl halides is 3. The van der Waals surface area contributed by atoms with Crippen molar-refractivity contribution < 1.29 is 22.7 Å². The summed E-state index contributed by atoms with van der Waals surface area (Å²) in [6.45, 7) is 1.65. The number of fused-ring (bicyclic) bond motifs is 1. The lowest BCUT2D eigenvalue weighted by molar-refractivity contribution is -0.274. The van der Waals surface area contributed by atoms with Gasteiger partial charge in [0.1, 0.15) is 5.75 Å². The topological polar surface area (TPSA) is 66.2 Å².